The minimum atomic E-state index is -0.233. The van der Waals surface area contributed by atoms with Gasteiger partial charge in [0.2, 0.25) is 0 Å². The molecule has 0 radical (unpaired) electrons. The lowest BCUT2D eigenvalue weighted by Gasteiger charge is -2.14. The summed E-state index contributed by atoms with van der Waals surface area (Å²) in [5, 5.41) is 3.52. The molecular formula is C17H19ClFN2O+. The van der Waals surface area contributed by atoms with E-state index in [1.807, 2.05) is 19.2 Å². The summed E-state index contributed by atoms with van der Waals surface area (Å²) in [6.45, 7) is 1.23. The maximum absolute atomic E-state index is 13.6. The zero-order valence-electron chi connectivity index (χ0n) is 12.4. The van der Waals surface area contributed by atoms with Gasteiger partial charge in [0.15, 0.2) is 6.54 Å². The van der Waals surface area contributed by atoms with E-state index in [0.29, 0.717) is 30.2 Å². The van der Waals surface area contributed by atoms with E-state index in [0.717, 1.165) is 10.5 Å². The number of hydrogen-bond donors (Lipinski definition) is 2. The van der Waals surface area contributed by atoms with Gasteiger partial charge in [-0.15, -0.1) is 0 Å². The van der Waals surface area contributed by atoms with Crippen LogP contribution in [-0.4, -0.2) is 19.5 Å². The minimum Gasteiger partial charge on any atom is -0.347 e. The van der Waals surface area contributed by atoms with Crippen molar-refractivity contribution in [2.75, 3.05) is 13.6 Å². The van der Waals surface area contributed by atoms with Crippen molar-refractivity contribution in [3.8, 4) is 0 Å². The SMILES string of the molecule is C[NH+](CC(=O)NCc1ccc(Cl)cc1)Cc1ccccc1F. The maximum atomic E-state index is 13.6. The summed E-state index contributed by atoms with van der Waals surface area (Å²) >= 11 is 5.81. The van der Waals surface area contributed by atoms with Gasteiger partial charge in [-0.2, -0.15) is 0 Å². The molecule has 1 atom stereocenters. The van der Waals surface area contributed by atoms with E-state index in [1.165, 1.54) is 6.07 Å². The van der Waals surface area contributed by atoms with Crippen LogP contribution in [-0.2, 0) is 17.9 Å². The van der Waals surface area contributed by atoms with Crippen LogP contribution in [0.15, 0.2) is 48.5 Å². The first-order valence-electron chi connectivity index (χ1n) is 7.10. The molecular weight excluding hydrogens is 303 g/mol. The van der Waals surface area contributed by atoms with Crippen LogP contribution in [0.3, 0.4) is 0 Å². The summed E-state index contributed by atoms with van der Waals surface area (Å²) in [4.78, 5) is 12.8. The van der Waals surface area contributed by atoms with Gasteiger partial charge in [0.05, 0.1) is 7.05 Å². The Balaban J connectivity index is 1.79. The summed E-state index contributed by atoms with van der Waals surface area (Å²) in [5.74, 6) is -0.299. The average Bonchev–Trinajstić information content (AvgIpc) is 2.49. The molecule has 0 aliphatic rings. The van der Waals surface area contributed by atoms with Gasteiger partial charge in [0.1, 0.15) is 12.4 Å². The molecule has 116 valence electrons. The Kier molecular flexibility index (Phi) is 5.92. The highest BCUT2D eigenvalue weighted by molar-refractivity contribution is 6.30. The van der Waals surface area contributed by atoms with Crippen molar-refractivity contribution in [3.05, 3.63) is 70.5 Å². The molecule has 0 spiro atoms. The molecule has 0 aliphatic heterocycles. The molecule has 0 aromatic heterocycles. The van der Waals surface area contributed by atoms with E-state index < -0.39 is 0 Å². The molecule has 2 aromatic carbocycles. The molecule has 0 fully saturated rings. The fourth-order valence-corrected chi connectivity index (χ4v) is 2.29. The van der Waals surface area contributed by atoms with Gasteiger partial charge in [0.25, 0.3) is 5.91 Å². The first kappa shape index (κ1) is 16.5. The molecule has 0 bridgehead atoms. The Morgan fingerprint density at radius 2 is 1.86 bits per heavy atom. The van der Waals surface area contributed by atoms with Crippen molar-refractivity contribution >= 4 is 17.5 Å². The van der Waals surface area contributed by atoms with Gasteiger partial charge in [0, 0.05) is 17.1 Å². The highest BCUT2D eigenvalue weighted by Gasteiger charge is 2.12. The second-order valence-electron chi connectivity index (χ2n) is 5.31. The number of quaternary nitrogens is 1. The van der Waals surface area contributed by atoms with Crippen LogP contribution in [0.4, 0.5) is 4.39 Å². The summed E-state index contributed by atoms with van der Waals surface area (Å²) in [5.41, 5.74) is 1.61. The van der Waals surface area contributed by atoms with Crippen molar-refractivity contribution in [1.82, 2.24) is 5.32 Å². The van der Waals surface area contributed by atoms with Crippen LogP contribution in [0.2, 0.25) is 5.02 Å². The summed E-state index contributed by atoms with van der Waals surface area (Å²) in [6.07, 6.45) is 0. The first-order chi connectivity index (χ1) is 10.5. The van der Waals surface area contributed by atoms with E-state index >= 15 is 0 Å². The Morgan fingerprint density at radius 3 is 2.55 bits per heavy atom. The van der Waals surface area contributed by atoms with Gasteiger partial charge in [-0.25, -0.2) is 4.39 Å². The minimum absolute atomic E-state index is 0.0659. The predicted octanol–water partition coefficient (Wildman–Crippen LogP) is 1.81. The van der Waals surface area contributed by atoms with Crippen LogP contribution in [0, 0.1) is 5.82 Å². The third kappa shape index (κ3) is 5.13. The molecule has 2 rings (SSSR count). The second kappa shape index (κ2) is 7.92. The van der Waals surface area contributed by atoms with Gasteiger partial charge in [-0.3, -0.25) is 4.79 Å². The predicted molar refractivity (Wildman–Crippen MR) is 85.2 cm³/mol. The largest absolute Gasteiger partial charge is 0.347 e. The number of halogens is 2. The number of benzene rings is 2. The third-order valence-electron chi connectivity index (χ3n) is 3.32. The van der Waals surface area contributed by atoms with Crippen LogP contribution >= 0.6 is 11.6 Å². The monoisotopic (exact) mass is 321 g/mol. The Hall–Kier alpha value is -1.91. The van der Waals surface area contributed by atoms with Gasteiger partial charge in [-0.1, -0.05) is 41.9 Å². The molecule has 0 saturated heterocycles. The lowest BCUT2D eigenvalue weighted by molar-refractivity contribution is -0.885. The lowest BCUT2D eigenvalue weighted by Crippen LogP contribution is -3.09. The highest BCUT2D eigenvalue weighted by atomic mass is 35.5. The molecule has 1 unspecified atom stereocenters. The molecule has 3 nitrogen and oxygen atoms in total. The standard InChI is InChI=1S/C17H18ClFN2O/c1-21(11-14-4-2-3-5-16(14)19)12-17(22)20-10-13-6-8-15(18)9-7-13/h2-9H,10-12H2,1H3,(H,20,22)/p+1. The number of amides is 1. The van der Waals surface area contributed by atoms with Crippen molar-refractivity contribution in [2.24, 2.45) is 0 Å². The Bertz CT molecular complexity index is 631. The topological polar surface area (TPSA) is 33.5 Å². The molecule has 5 heteroatoms. The van der Waals surface area contributed by atoms with Crippen molar-refractivity contribution < 1.29 is 14.1 Å². The number of nitrogens with one attached hydrogen (secondary N) is 2. The smallest absolute Gasteiger partial charge is 0.275 e. The molecule has 22 heavy (non-hydrogen) atoms. The lowest BCUT2D eigenvalue weighted by atomic mass is 10.2. The van der Waals surface area contributed by atoms with E-state index in [2.05, 4.69) is 5.32 Å². The number of rotatable bonds is 6. The van der Waals surface area contributed by atoms with Crippen LogP contribution in [0.1, 0.15) is 11.1 Å². The zero-order chi connectivity index (χ0) is 15.9. The van der Waals surface area contributed by atoms with E-state index in [-0.39, 0.29) is 11.7 Å². The average molecular weight is 322 g/mol. The summed E-state index contributed by atoms with van der Waals surface area (Å²) in [6, 6.07) is 14.0. The summed E-state index contributed by atoms with van der Waals surface area (Å²) < 4.78 is 13.6. The molecule has 2 N–H and O–H groups in total. The number of likely N-dealkylation sites (N-methyl/N-ethyl adjacent to an activating group) is 1. The highest BCUT2D eigenvalue weighted by Crippen LogP contribution is 2.09. The zero-order valence-corrected chi connectivity index (χ0v) is 13.2. The van der Waals surface area contributed by atoms with Gasteiger partial charge < -0.3 is 10.2 Å². The number of carbonyl (C=O) groups is 1. The fraction of sp³-hybridized carbons (Fsp3) is 0.235. The van der Waals surface area contributed by atoms with E-state index in [4.69, 9.17) is 11.6 Å². The molecule has 2 aromatic rings. The number of carbonyl (C=O) groups excluding carboxylic acids is 1. The van der Waals surface area contributed by atoms with Gasteiger partial charge >= 0.3 is 0 Å². The van der Waals surface area contributed by atoms with Crippen molar-refractivity contribution in [1.29, 1.82) is 0 Å². The Labute approximate surface area is 134 Å². The second-order valence-corrected chi connectivity index (χ2v) is 5.74. The van der Waals surface area contributed by atoms with Crippen LogP contribution in [0.25, 0.3) is 0 Å². The third-order valence-corrected chi connectivity index (χ3v) is 3.57. The Morgan fingerprint density at radius 1 is 1.18 bits per heavy atom. The molecule has 0 aliphatic carbocycles. The van der Waals surface area contributed by atoms with Crippen LogP contribution < -0.4 is 10.2 Å². The van der Waals surface area contributed by atoms with E-state index in [1.54, 1.807) is 30.3 Å². The van der Waals surface area contributed by atoms with Crippen LogP contribution in [0.5, 0.6) is 0 Å². The van der Waals surface area contributed by atoms with Gasteiger partial charge in [-0.05, 0) is 23.8 Å². The van der Waals surface area contributed by atoms with Crippen molar-refractivity contribution in [3.63, 3.8) is 0 Å². The fourth-order valence-electron chi connectivity index (χ4n) is 2.17. The number of hydrogen-bond acceptors (Lipinski definition) is 1. The first-order valence-corrected chi connectivity index (χ1v) is 7.48. The normalized spacial score (nSPS) is 12.0. The quantitative estimate of drug-likeness (QED) is 0.836. The molecule has 0 heterocycles. The maximum Gasteiger partial charge on any atom is 0.275 e. The van der Waals surface area contributed by atoms with Crippen molar-refractivity contribution in [2.45, 2.75) is 13.1 Å². The van der Waals surface area contributed by atoms with E-state index in [9.17, 15) is 9.18 Å². The summed E-state index contributed by atoms with van der Waals surface area (Å²) in [7, 11) is 1.87. The molecule has 0 saturated carbocycles. The molecule has 1 amide bonds.